The Kier molecular flexibility index (Phi) is 7.17. The summed E-state index contributed by atoms with van der Waals surface area (Å²) in [5.41, 5.74) is -0.563. The van der Waals surface area contributed by atoms with Crippen molar-refractivity contribution in [2.75, 3.05) is 0 Å². The highest BCUT2D eigenvalue weighted by atomic mass is 16.6. The highest BCUT2D eigenvalue weighted by Gasteiger charge is 2.27. The lowest BCUT2D eigenvalue weighted by Crippen LogP contribution is -2.51. The van der Waals surface area contributed by atoms with Crippen LogP contribution in [-0.2, 0) is 9.53 Å². The van der Waals surface area contributed by atoms with Crippen LogP contribution in [0.3, 0.4) is 0 Å². The number of rotatable bonds is 5. The van der Waals surface area contributed by atoms with Gasteiger partial charge in [0.2, 0.25) is 5.91 Å². The van der Waals surface area contributed by atoms with E-state index >= 15 is 0 Å². The van der Waals surface area contributed by atoms with Crippen LogP contribution in [0, 0.1) is 5.92 Å². The van der Waals surface area contributed by atoms with Crippen molar-refractivity contribution in [2.45, 2.75) is 90.8 Å². The van der Waals surface area contributed by atoms with Gasteiger partial charge in [0.25, 0.3) is 0 Å². The number of amides is 2. The number of ether oxygens (including phenoxy) is 1. The summed E-state index contributed by atoms with van der Waals surface area (Å²) in [7, 11) is 0. The van der Waals surface area contributed by atoms with Crippen molar-refractivity contribution in [3.05, 3.63) is 0 Å². The first kappa shape index (κ1) is 18.8. The molecule has 0 aliphatic heterocycles. The Hall–Kier alpha value is -1.26. The predicted octanol–water partition coefficient (Wildman–Crippen LogP) is 3.37. The lowest BCUT2D eigenvalue weighted by molar-refractivity contribution is -0.124. The van der Waals surface area contributed by atoms with Crippen molar-refractivity contribution in [1.29, 1.82) is 0 Å². The zero-order chi connectivity index (χ0) is 16.8. The molecule has 1 aliphatic carbocycles. The van der Waals surface area contributed by atoms with Crippen molar-refractivity contribution in [1.82, 2.24) is 10.6 Å². The van der Waals surface area contributed by atoms with Gasteiger partial charge in [-0.15, -0.1) is 0 Å². The molecule has 0 aromatic rings. The molecule has 0 saturated heterocycles. The molecule has 5 heteroatoms. The summed E-state index contributed by atoms with van der Waals surface area (Å²) in [5.74, 6) is 0.225. The van der Waals surface area contributed by atoms with E-state index in [2.05, 4.69) is 10.6 Å². The van der Waals surface area contributed by atoms with E-state index in [9.17, 15) is 9.59 Å². The minimum atomic E-state index is -0.563. The average Bonchev–Trinajstić information content (AvgIpc) is 2.36. The van der Waals surface area contributed by atoms with Crippen LogP contribution in [0.5, 0.6) is 0 Å². The van der Waals surface area contributed by atoms with E-state index in [1.54, 1.807) is 0 Å². The first-order chi connectivity index (χ1) is 10.2. The maximum absolute atomic E-state index is 12.5. The summed E-state index contributed by atoms with van der Waals surface area (Å²) in [6.45, 7) is 9.51. The van der Waals surface area contributed by atoms with Crippen LogP contribution >= 0.6 is 0 Å². The summed E-state index contributed by atoms with van der Waals surface area (Å²) >= 11 is 0. The van der Waals surface area contributed by atoms with Crippen LogP contribution in [0.4, 0.5) is 4.79 Å². The van der Waals surface area contributed by atoms with Gasteiger partial charge in [0.05, 0.1) is 0 Å². The van der Waals surface area contributed by atoms with Crippen LogP contribution in [0.1, 0.15) is 73.1 Å². The maximum atomic E-state index is 12.5. The van der Waals surface area contributed by atoms with E-state index in [1.807, 2.05) is 34.6 Å². The Morgan fingerprint density at radius 3 is 2.23 bits per heavy atom. The van der Waals surface area contributed by atoms with Crippen LogP contribution in [-0.4, -0.2) is 29.7 Å². The number of alkyl carbamates (subject to hydrolysis) is 1. The molecular formula is C17H32N2O3. The van der Waals surface area contributed by atoms with Crippen LogP contribution in [0.25, 0.3) is 0 Å². The van der Waals surface area contributed by atoms with Gasteiger partial charge in [0.15, 0.2) is 0 Å². The second-order valence-electron chi connectivity index (χ2n) is 7.67. The number of carbonyl (C=O) groups is 2. The van der Waals surface area contributed by atoms with Crippen LogP contribution in [0.15, 0.2) is 0 Å². The van der Waals surface area contributed by atoms with Gasteiger partial charge in [-0.05, 0) is 46.0 Å². The zero-order valence-electron chi connectivity index (χ0n) is 14.7. The molecule has 0 unspecified atom stereocenters. The largest absolute Gasteiger partial charge is 0.444 e. The summed E-state index contributed by atoms with van der Waals surface area (Å²) < 4.78 is 5.26. The molecule has 1 atom stereocenters. The first-order valence-electron chi connectivity index (χ1n) is 8.47. The molecule has 0 radical (unpaired) electrons. The molecule has 1 saturated carbocycles. The van der Waals surface area contributed by atoms with Crippen LogP contribution in [0.2, 0.25) is 0 Å². The highest BCUT2D eigenvalue weighted by Crippen LogP contribution is 2.18. The summed E-state index contributed by atoms with van der Waals surface area (Å²) in [4.78, 5) is 24.4. The van der Waals surface area contributed by atoms with Crippen molar-refractivity contribution in [3.8, 4) is 0 Å². The Labute approximate surface area is 134 Å². The molecule has 5 nitrogen and oxygen atoms in total. The van der Waals surface area contributed by atoms with E-state index in [1.165, 1.54) is 19.3 Å². The molecule has 0 heterocycles. The second kappa shape index (κ2) is 8.39. The van der Waals surface area contributed by atoms with Crippen molar-refractivity contribution in [2.24, 2.45) is 5.92 Å². The zero-order valence-corrected chi connectivity index (χ0v) is 14.7. The molecule has 0 aromatic carbocycles. The molecule has 0 bridgehead atoms. The summed E-state index contributed by atoms with van der Waals surface area (Å²) in [5, 5.41) is 5.80. The van der Waals surface area contributed by atoms with Gasteiger partial charge in [-0.3, -0.25) is 4.79 Å². The molecule has 128 valence electrons. The van der Waals surface area contributed by atoms with E-state index in [4.69, 9.17) is 4.74 Å². The predicted molar refractivity (Wildman–Crippen MR) is 87.6 cm³/mol. The number of carbonyl (C=O) groups excluding carboxylic acids is 2. The maximum Gasteiger partial charge on any atom is 0.408 e. The smallest absolute Gasteiger partial charge is 0.408 e. The van der Waals surface area contributed by atoms with Crippen molar-refractivity contribution < 1.29 is 14.3 Å². The molecular weight excluding hydrogens is 280 g/mol. The van der Waals surface area contributed by atoms with Crippen molar-refractivity contribution >= 4 is 12.0 Å². The normalized spacial score (nSPS) is 17.9. The third kappa shape index (κ3) is 7.66. The Bertz CT molecular complexity index is 369. The first-order valence-corrected chi connectivity index (χ1v) is 8.47. The van der Waals surface area contributed by atoms with Gasteiger partial charge >= 0.3 is 6.09 Å². The SMILES string of the molecule is CC(C)C[C@H](NC(=O)OC(C)(C)C)C(=O)NC1CCCCC1. The van der Waals surface area contributed by atoms with Gasteiger partial charge in [-0.2, -0.15) is 0 Å². The number of nitrogens with one attached hydrogen (secondary N) is 2. The quantitative estimate of drug-likeness (QED) is 0.818. The van der Waals surface area contributed by atoms with E-state index in [-0.39, 0.29) is 11.9 Å². The molecule has 0 spiro atoms. The van der Waals surface area contributed by atoms with Gasteiger partial charge in [0.1, 0.15) is 11.6 Å². The molecule has 0 aromatic heterocycles. The summed E-state index contributed by atoms with van der Waals surface area (Å²) in [6.07, 6.45) is 5.73. The highest BCUT2D eigenvalue weighted by molar-refractivity contribution is 5.85. The fraction of sp³-hybridized carbons (Fsp3) is 0.882. The third-order valence-electron chi connectivity index (χ3n) is 3.67. The number of hydrogen-bond donors (Lipinski definition) is 2. The van der Waals surface area contributed by atoms with Gasteiger partial charge in [-0.1, -0.05) is 33.1 Å². The van der Waals surface area contributed by atoms with E-state index in [0.29, 0.717) is 12.3 Å². The monoisotopic (exact) mass is 312 g/mol. The van der Waals surface area contributed by atoms with Gasteiger partial charge in [-0.25, -0.2) is 4.79 Å². The minimum absolute atomic E-state index is 0.0912. The fourth-order valence-corrected chi connectivity index (χ4v) is 2.70. The third-order valence-corrected chi connectivity index (χ3v) is 3.67. The van der Waals surface area contributed by atoms with Gasteiger partial charge < -0.3 is 15.4 Å². The Balaban J connectivity index is 2.58. The lowest BCUT2D eigenvalue weighted by atomic mass is 9.94. The molecule has 1 aliphatic rings. The van der Waals surface area contributed by atoms with Gasteiger partial charge in [0, 0.05) is 6.04 Å². The molecule has 1 fully saturated rings. The summed E-state index contributed by atoms with van der Waals surface area (Å²) in [6, 6.07) is -0.284. The molecule has 1 rings (SSSR count). The van der Waals surface area contributed by atoms with Crippen molar-refractivity contribution in [3.63, 3.8) is 0 Å². The average molecular weight is 312 g/mol. The Morgan fingerprint density at radius 1 is 1.14 bits per heavy atom. The fourth-order valence-electron chi connectivity index (χ4n) is 2.70. The molecule has 22 heavy (non-hydrogen) atoms. The second-order valence-corrected chi connectivity index (χ2v) is 7.67. The van der Waals surface area contributed by atoms with E-state index < -0.39 is 17.7 Å². The van der Waals surface area contributed by atoms with E-state index in [0.717, 1.165) is 12.8 Å². The van der Waals surface area contributed by atoms with Crippen LogP contribution < -0.4 is 10.6 Å². The number of hydrogen-bond acceptors (Lipinski definition) is 3. The standard InChI is InChI=1S/C17H32N2O3/c1-12(2)11-14(19-16(21)22-17(3,4)5)15(20)18-13-9-7-6-8-10-13/h12-14H,6-11H2,1-5H3,(H,18,20)(H,19,21)/t14-/m0/s1. The molecule has 2 N–H and O–H groups in total. The topological polar surface area (TPSA) is 67.4 Å². The Morgan fingerprint density at radius 2 is 1.73 bits per heavy atom. The molecule has 2 amide bonds. The lowest BCUT2D eigenvalue weighted by Gasteiger charge is -2.27. The minimum Gasteiger partial charge on any atom is -0.444 e.